The van der Waals surface area contributed by atoms with Crippen LogP contribution in [0.3, 0.4) is 0 Å². The second-order valence-electron chi connectivity index (χ2n) is 3.43. The van der Waals surface area contributed by atoms with Gasteiger partial charge in [0.25, 0.3) is 0 Å². The lowest BCUT2D eigenvalue weighted by molar-refractivity contribution is 0.817. The van der Waals surface area contributed by atoms with E-state index in [2.05, 4.69) is 43.0 Å². The molecule has 1 aliphatic rings. The van der Waals surface area contributed by atoms with E-state index in [9.17, 15) is 0 Å². The van der Waals surface area contributed by atoms with E-state index in [1.807, 2.05) is 0 Å². The van der Waals surface area contributed by atoms with Gasteiger partial charge in [-0.3, -0.25) is 0 Å². The first-order chi connectivity index (χ1) is 5.86. The Morgan fingerprint density at radius 3 is 2.83 bits per heavy atom. The van der Waals surface area contributed by atoms with Crippen molar-refractivity contribution in [2.45, 2.75) is 30.8 Å². The summed E-state index contributed by atoms with van der Waals surface area (Å²) in [5.41, 5.74) is 3.11. The minimum Gasteiger partial charge on any atom is -0.154 e. The molecule has 0 fully saturated rings. The Balaban J connectivity index is 2.26. The fourth-order valence-corrected chi connectivity index (χ4v) is 2.65. The summed E-state index contributed by atoms with van der Waals surface area (Å²) in [6, 6.07) is 8.84. The standard InChI is InChI=1S/C11H14S/c1-9-6-7-10-4-2-3-5-11(10)8-12-9/h2-5,9H,6-8H2,1H3. The Labute approximate surface area is 78.4 Å². The molecule has 1 unspecified atom stereocenters. The predicted octanol–water partition coefficient (Wildman–Crippen LogP) is 3.25. The molecule has 1 heterocycles. The van der Waals surface area contributed by atoms with Crippen molar-refractivity contribution in [1.82, 2.24) is 0 Å². The molecule has 1 aliphatic heterocycles. The van der Waals surface area contributed by atoms with E-state index in [4.69, 9.17) is 0 Å². The number of hydrogen-bond donors (Lipinski definition) is 0. The minimum absolute atomic E-state index is 0.831. The zero-order valence-corrected chi connectivity index (χ0v) is 8.23. The number of benzene rings is 1. The second-order valence-corrected chi connectivity index (χ2v) is 4.86. The van der Waals surface area contributed by atoms with E-state index < -0.39 is 0 Å². The Morgan fingerprint density at radius 2 is 2.00 bits per heavy atom. The highest BCUT2D eigenvalue weighted by Gasteiger charge is 2.11. The van der Waals surface area contributed by atoms with Crippen LogP contribution in [0.5, 0.6) is 0 Å². The number of fused-ring (bicyclic) bond motifs is 1. The fraction of sp³-hybridized carbons (Fsp3) is 0.455. The van der Waals surface area contributed by atoms with Gasteiger partial charge >= 0.3 is 0 Å². The lowest BCUT2D eigenvalue weighted by atomic mass is 10.0. The van der Waals surface area contributed by atoms with E-state index in [1.165, 1.54) is 18.6 Å². The lowest BCUT2D eigenvalue weighted by Gasteiger charge is -2.03. The van der Waals surface area contributed by atoms with Gasteiger partial charge in [-0.1, -0.05) is 31.2 Å². The third kappa shape index (κ3) is 1.66. The van der Waals surface area contributed by atoms with E-state index in [-0.39, 0.29) is 0 Å². The van der Waals surface area contributed by atoms with Gasteiger partial charge in [0.1, 0.15) is 0 Å². The monoisotopic (exact) mass is 178 g/mol. The average Bonchev–Trinajstić information content (AvgIpc) is 2.29. The quantitative estimate of drug-likeness (QED) is 0.587. The van der Waals surface area contributed by atoms with Gasteiger partial charge in [-0.05, 0) is 24.0 Å². The summed E-state index contributed by atoms with van der Waals surface area (Å²) < 4.78 is 0. The van der Waals surface area contributed by atoms with Crippen molar-refractivity contribution < 1.29 is 0 Å². The first kappa shape index (κ1) is 8.18. The molecule has 0 nitrogen and oxygen atoms in total. The molecule has 0 N–H and O–H groups in total. The molecule has 2 rings (SSSR count). The van der Waals surface area contributed by atoms with Crippen LogP contribution >= 0.6 is 11.8 Å². The topological polar surface area (TPSA) is 0 Å². The average molecular weight is 178 g/mol. The molecular formula is C11H14S. The highest BCUT2D eigenvalue weighted by atomic mass is 32.2. The molecule has 1 aromatic rings. The molecule has 1 aromatic carbocycles. The summed E-state index contributed by atoms with van der Waals surface area (Å²) >= 11 is 2.08. The van der Waals surface area contributed by atoms with Crippen LogP contribution in [0.1, 0.15) is 24.5 Å². The van der Waals surface area contributed by atoms with Crippen molar-refractivity contribution in [2.24, 2.45) is 0 Å². The lowest BCUT2D eigenvalue weighted by Crippen LogP contribution is -1.94. The third-order valence-corrected chi connectivity index (χ3v) is 3.74. The van der Waals surface area contributed by atoms with Crippen LogP contribution in [0.15, 0.2) is 24.3 Å². The predicted molar refractivity (Wildman–Crippen MR) is 55.5 cm³/mol. The maximum Gasteiger partial charge on any atom is 0.0189 e. The van der Waals surface area contributed by atoms with Crippen molar-refractivity contribution >= 4 is 11.8 Å². The first-order valence-corrected chi connectivity index (χ1v) is 5.59. The van der Waals surface area contributed by atoms with Gasteiger partial charge in [0.15, 0.2) is 0 Å². The molecule has 0 aromatic heterocycles. The van der Waals surface area contributed by atoms with Crippen molar-refractivity contribution in [3.05, 3.63) is 35.4 Å². The SMILES string of the molecule is CC1CCc2ccccc2CS1. The number of aryl methyl sites for hydroxylation is 1. The summed E-state index contributed by atoms with van der Waals surface area (Å²) in [6.07, 6.45) is 2.60. The minimum atomic E-state index is 0.831. The molecule has 0 aliphatic carbocycles. The van der Waals surface area contributed by atoms with Gasteiger partial charge in [-0.15, -0.1) is 0 Å². The Morgan fingerprint density at radius 1 is 1.25 bits per heavy atom. The van der Waals surface area contributed by atoms with Crippen LogP contribution < -0.4 is 0 Å². The normalized spacial score (nSPS) is 22.9. The molecule has 1 atom stereocenters. The first-order valence-electron chi connectivity index (χ1n) is 4.54. The molecule has 0 spiro atoms. The van der Waals surface area contributed by atoms with Gasteiger partial charge in [0.2, 0.25) is 0 Å². The molecule has 0 radical (unpaired) electrons. The Bertz CT molecular complexity index is 240. The molecule has 0 bridgehead atoms. The molecule has 0 saturated heterocycles. The van der Waals surface area contributed by atoms with Crippen LogP contribution in [0.25, 0.3) is 0 Å². The van der Waals surface area contributed by atoms with Crippen LogP contribution in [-0.4, -0.2) is 5.25 Å². The number of thioether (sulfide) groups is 1. The number of rotatable bonds is 0. The van der Waals surface area contributed by atoms with Crippen LogP contribution in [0, 0.1) is 0 Å². The molecular weight excluding hydrogens is 164 g/mol. The van der Waals surface area contributed by atoms with E-state index in [1.54, 1.807) is 11.1 Å². The van der Waals surface area contributed by atoms with Gasteiger partial charge in [-0.25, -0.2) is 0 Å². The van der Waals surface area contributed by atoms with E-state index in [0.29, 0.717) is 0 Å². The van der Waals surface area contributed by atoms with Crippen LogP contribution in [-0.2, 0) is 12.2 Å². The second kappa shape index (κ2) is 3.53. The van der Waals surface area contributed by atoms with E-state index in [0.717, 1.165) is 5.25 Å². The number of hydrogen-bond acceptors (Lipinski definition) is 1. The smallest absolute Gasteiger partial charge is 0.0189 e. The zero-order valence-electron chi connectivity index (χ0n) is 7.42. The van der Waals surface area contributed by atoms with Crippen molar-refractivity contribution in [3.8, 4) is 0 Å². The maximum atomic E-state index is 2.33. The summed E-state index contributed by atoms with van der Waals surface area (Å²) in [5.74, 6) is 1.21. The molecule has 12 heavy (non-hydrogen) atoms. The zero-order chi connectivity index (χ0) is 8.39. The summed E-state index contributed by atoms with van der Waals surface area (Å²) in [5, 5.41) is 0.831. The Hall–Kier alpha value is -0.430. The van der Waals surface area contributed by atoms with Crippen LogP contribution in [0.2, 0.25) is 0 Å². The van der Waals surface area contributed by atoms with E-state index >= 15 is 0 Å². The van der Waals surface area contributed by atoms with Crippen molar-refractivity contribution in [1.29, 1.82) is 0 Å². The van der Waals surface area contributed by atoms with Gasteiger partial charge in [0.05, 0.1) is 0 Å². The summed E-state index contributed by atoms with van der Waals surface area (Å²) in [6.45, 7) is 2.33. The highest BCUT2D eigenvalue weighted by Crippen LogP contribution is 2.28. The summed E-state index contributed by atoms with van der Waals surface area (Å²) in [7, 11) is 0. The summed E-state index contributed by atoms with van der Waals surface area (Å²) in [4.78, 5) is 0. The molecule has 0 amide bonds. The highest BCUT2D eigenvalue weighted by molar-refractivity contribution is 7.99. The van der Waals surface area contributed by atoms with Gasteiger partial charge in [-0.2, -0.15) is 11.8 Å². The van der Waals surface area contributed by atoms with Gasteiger partial charge in [0, 0.05) is 11.0 Å². The largest absolute Gasteiger partial charge is 0.154 e. The van der Waals surface area contributed by atoms with Crippen LogP contribution in [0.4, 0.5) is 0 Å². The Kier molecular flexibility index (Phi) is 2.40. The molecule has 0 saturated carbocycles. The van der Waals surface area contributed by atoms with Gasteiger partial charge < -0.3 is 0 Å². The van der Waals surface area contributed by atoms with Crippen molar-refractivity contribution in [2.75, 3.05) is 0 Å². The van der Waals surface area contributed by atoms with Crippen molar-refractivity contribution in [3.63, 3.8) is 0 Å². The third-order valence-electron chi connectivity index (χ3n) is 2.46. The molecule has 1 heteroatoms. The maximum absolute atomic E-state index is 2.33. The molecule has 64 valence electrons. The fourth-order valence-electron chi connectivity index (χ4n) is 1.62.